The van der Waals surface area contributed by atoms with Crippen molar-refractivity contribution in [2.45, 2.75) is 6.92 Å². The average Bonchev–Trinajstić information content (AvgIpc) is 2.99. The van der Waals surface area contributed by atoms with Crippen LogP contribution >= 0.6 is 0 Å². The zero-order valence-electron chi connectivity index (χ0n) is 11.5. The van der Waals surface area contributed by atoms with Crippen LogP contribution in [-0.4, -0.2) is 15.1 Å². The van der Waals surface area contributed by atoms with Crippen LogP contribution in [0.2, 0.25) is 0 Å². The lowest BCUT2D eigenvalue weighted by Gasteiger charge is -1.87. The Morgan fingerprint density at radius 3 is 2.05 bits per heavy atom. The summed E-state index contributed by atoms with van der Waals surface area (Å²) < 4.78 is 9.52. The number of aromatic hydroxyl groups is 1. The van der Waals surface area contributed by atoms with Crippen LogP contribution in [-0.2, 0) is 0 Å². The largest absolute Gasteiger partial charge is 0.508 e. The molecule has 7 nitrogen and oxygen atoms in total. The summed E-state index contributed by atoms with van der Waals surface area (Å²) in [4.78, 5) is 26.3. The molecule has 2 aromatic heterocycles. The van der Waals surface area contributed by atoms with Gasteiger partial charge in [-0.05, 0) is 36.8 Å². The van der Waals surface area contributed by atoms with Crippen molar-refractivity contribution in [2.75, 3.05) is 0 Å². The van der Waals surface area contributed by atoms with Gasteiger partial charge in [-0.25, -0.2) is 9.59 Å². The number of hydrogen-bond donors (Lipinski definition) is 3. The molecule has 0 unspecified atom stereocenters. The van der Waals surface area contributed by atoms with Gasteiger partial charge in [0.15, 0.2) is 11.2 Å². The van der Waals surface area contributed by atoms with Gasteiger partial charge >= 0.3 is 11.5 Å². The van der Waals surface area contributed by atoms with Crippen LogP contribution in [0.25, 0.3) is 22.2 Å². The van der Waals surface area contributed by atoms with Crippen molar-refractivity contribution < 1.29 is 13.9 Å². The van der Waals surface area contributed by atoms with Gasteiger partial charge in [0.05, 0.1) is 11.0 Å². The van der Waals surface area contributed by atoms with Crippen molar-refractivity contribution in [3.8, 4) is 5.75 Å². The number of rotatable bonds is 0. The highest BCUT2D eigenvalue weighted by atomic mass is 16.4. The molecule has 22 heavy (non-hydrogen) atoms. The third-order valence-corrected chi connectivity index (χ3v) is 2.98. The summed E-state index contributed by atoms with van der Waals surface area (Å²) in [7, 11) is 0. The number of benzene rings is 2. The Labute approximate surface area is 122 Å². The molecule has 4 rings (SSSR count). The van der Waals surface area contributed by atoms with Gasteiger partial charge in [0.1, 0.15) is 5.75 Å². The van der Waals surface area contributed by atoms with Crippen molar-refractivity contribution in [1.29, 1.82) is 0 Å². The summed E-state index contributed by atoms with van der Waals surface area (Å²) in [5, 5.41) is 8.96. The van der Waals surface area contributed by atoms with Crippen LogP contribution in [0.3, 0.4) is 0 Å². The Morgan fingerprint density at radius 2 is 1.41 bits per heavy atom. The number of hydrogen-bond acceptors (Lipinski definition) is 5. The summed E-state index contributed by atoms with van der Waals surface area (Å²) in [6, 6.07) is 10.0. The van der Waals surface area contributed by atoms with Crippen LogP contribution in [0.1, 0.15) is 5.56 Å². The number of oxazole rings is 2. The molecule has 4 aromatic rings. The molecule has 2 heterocycles. The predicted molar refractivity (Wildman–Crippen MR) is 80.1 cm³/mol. The molecule has 0 saturated heterocycles. The topological polar surface area (TPSA) is 112 Å². The molecule has 7 heteroatoms. The number of nitrogens with one attached hydrogen (secondary N) is 2. The second kappa shape index (κ2) is 5.28. The molecule has 0 aliphatic heterocycles. The molecule has 0 amide bonds. The normalized spacial score (nSPS) is 10.6. The zero-order chi connectivity index (χ0) is 15.7. The SMILES string of the molecule is Cc1ccc2[nH]c(=O)oc2c1.O=c1[nH]c2ccc(O)cc2o1. The van der Waals surface area contributed by atoms with Crippen LogP contribution in [0.5, 0.6) is 5.75 Å². The molecule has 0 spiro atoms. The van der Waals surface area contributed by atoms with E-state index in [4.69, 9.17) is 9.52 Å². The fourth-order valence-corrected chi connectivity index (χ4v) is 1.99. The highest BCUT2D eigenvalue weighted by Gasteiger charge is 2.00. The van der Waals surface area contributed by atoms with E-state index in [0.29, 0.717) is 16.7 Å². The summed E-state index contributed by atoms with van der Waals surface area (Å²) in [5.41, 5.74) is 3.42. The predicted octanol–water partition coefficient (Wildman–Crippen LogP) is 2.26. The molecule has 0 atom stereocenters. The molecular formula is C15H12N2O5. The highest BCUT2D eigenvalue weighted by molar-refractivity contribution is 5.73. The van der Waals surface area contributed by atoms with E-state index in [2.05, 4.69) is 14.4 Å². The lowest BCUT2D eigenvalue weighted by molar-refractivity contribution is 0.473. The van der Waals surface area contributed by atoms with Gasteiger partial charge in [-0.3, -0.25) is 9.97 Å². The number of phenolic OH excluding ortho intramolecular Hbond substituents is 1. The quantitative estimate of drug-likeness (QED) is 0.461. The first-order valence-corrected chi connectivity index (χ1v) is 6.42. The highest BCUT2D eigenvalue weighted by Crippen LogP contribution is 2.16. The smallest absolute Gasteiger partial charge is 0.417 e. The molecule has 112 valence electrons. The van der Waals surface area contributed by atoms with E-state index in [1.807, 2.05) is 25.1 Å². The van der Waals surface area contributed by atoms with Crippen molar-refractivity contribution in [3.05, 3.63) is 63.1 Å². The van der Waals surface area contributed by atoms with Crippen molar-refractivity contribution in [3.63, 3.8) is 0 Å². The number of aryl methyl sites for hydroxylation is 1. The minimum atomic E-state index is -0.509. The van der Waals surface area contributed by atoms with E-state index in [9.17, 15) is 9.59 Å². The van der Waals surface area contributed by atoms with Gasteiger partial charge in [-0.2, -0.15) is 0 Å². The van der Waals surface area contributed by atoms with Gasteiger partial charge < -0.3 is 13.9 Å². The standard InChI is InChI=1S/C8H7NO2.C7H5NO3/c1-5-2-3-6-7(4-5)11-8(10)9-6;9-4-1-2-5-6(3-4)11-7(10)8-5/h2-4H,1H3,(H,9,10);1-3,9H,(H,8,10). The summed E-state index contributed by atoms with van der Waals surface area (Å²) in [5.74, 6) is -0.823. The van der Waals surface area contributed by atoms with Crippen molar-refractivity contribution in [2.24, 2.45) is 0 Å². The lowest BCUT2D eigenvalue weighted by atomic mass is 10.2. The fourth-order valence-electron chi connectivity index (χ4n) is 1.99. The fraction of sp³-hybridized carbons (Fsp3) is 0.0667. The van der Waals surface area contributed by atoms with E-state index in [0.717, 1.165) is 11.1 Å². The van der Waals surface area contributed by atoms with E-state index in [1.54, 1.807) is 6.07 Å². The summed E-state index contributed by atoms with van der Waals surface area (Å²) in [6.07, 6.45) is 0. The first kappa shape index (κ1) is 13.7. The Kier molecular flexibility index (Phi) is 3.30. The number of H-pyrrole nitrogens is 2. The van der Waals surface area contributed by atoms with Crippen molar-refractivity contribution >= 4 is 22.2 Å². The molecule has 3 N–H and O–H groups in total. The molecule has 0 saturated carbocycles. The average molecular weight is 300 g/mol. The number of aromatic amines is 2. The molecule has 0 fully saturated rings. The maximum atomic E-state index is 10.7. The first-order valence-electron chi connectivity index (χ1n) is 6.42. The Balaban J connectivity index is 0.000000131. The van der Waals surface area contributed by atoms with Gasteiger partial charge in [-0.1, -0.05) is 6.07 Å². The van der Waals surface area contributed by atoms with Gasteiger partial charge in [0, 0.05) is 6.07 Å². The molecule has 0 aliphatic carbocycles. The maximum Gasteiger partial charge on any atom is 0.417 e. The minimum Gasteiger partial charge on any atom is -0.508 e. The van der Waals surface area contributed by atoms with E-state index < -0.39 is 11.5 Å². The Bertz CT molecular complexity index is 965. The van der Waals surface area contributed by atoms with Gasteiger partial charge in [0.25, 0.3) is 0 Å². The van der Waals surface area contributed by atoms with Crippen LogP contribution in [0, 0.1) is 6.92 Å². The maximum absolute atomic E-state index is 10.7. The number of aromatic nitrogens is 2. The summed E-state index contributed by atoms with van der Waals surface area (Å²) in [6.45, 7) is 1.95. The molecular weight excluding hydrogens is 288 g/mol. The van der Waals surface area contributed by atoms with Gasteiger partial charge in [0.2, 0.25) is 0 Å². The Morgan fingerprint density at radius 1 is 0.864 bits per heavy atom. The summed E-state index contributed by atoms with van der Waals surface area (Å²) >= 11 is 0. The van der Waals surface area contributed by atoms with Crippen LogP contribution < -0.4 is 11.5 Å². The van der Waals surface area contributed by atoms with Crippen LogP contribution in [0.4, 0.5) is 0 Å². The molecule has 2 aromatic carbocycles. The third-order valence-electron chi connectivity index (χ3n) is 2.98. The first-order chi connectivity index (χ1) is 10.5. The van der Waals surface area contributed by atoms with Gasteiger partial charge in [-0.15, -0.1) is 0 Å². The van der Waals surface area contributed by atoms with Crippen LogP contribution in [0.15, 0.2) is 54.8 Å². The number of fused-ring (bicyclic) bond motifs is 2. The zero-order valence-corrected chi connectivity index (χ0v) is 11.5. The lowest BCUT2D eigenvalue weighted by Crippen LogP contribution is -1.92. The minimum absolute atomic E-state index is 0.0836. The van der Waals surface area contributed by atoms with Crippen molar-refractivity contribution in [1.82, 2.24) is 9.97 Å². The van der Waals surface area contributed by atoms with E-state index in [1.165, 1.54) is 12.1 Å². The molecule has 0 radical (unpaired) electrons. The Hall–Kier alpha value is -3.22. The second-order valence-electron chi connectivity index (χ2n) is 4.71. The molecule has 0 aliphatic rings. The monoisotopic (exact) mass is 300 g/mol. The second-order valence-corrected chi connectivity index (χ2v) is 4.71. The van der Waals surface area contributed by atoms with E-state index >= 15 is 0 Å². The third kappa shape index (κ3) is 2.78. The molecule has 0 bridgehead atoms. The number of phenols is 1. The van der Waals surface area contributed by atoms with E-state index in [-0.39, 0.29) is 5.75 Å².